The van der Waals surface area contributed by atoms with Crippen molar-refractivity contribution in [3.8, 4) is 0 Å². The third kappa shape index (κ3) is 2.67. The molecule has 2 aromatic rings. The molecule has 0 bridgehead atoms. The first-order chi connectivity index (χ1) is 8.47. The highest BCUT2D eigenvalue weighted by Gasteiger charge is 2.11. The normalized spacial score (nSPS) is 10.4. The zero-order valence-electron chi connectivity index (χ0n) is 10.1. The average Bonchev–Trinajstić information content (AvgIpc) is 2.30. The second kappa shape index (κ2) is 5.02. The summed E-state index contributed by atoms with van der Waals surface area (Å²) in [6.07, 6.45) is 0. The molecule has 18 heavy (non-hydrogen) atoms. The number of carbonyl (C=O) groups excluding carboxylic acids is 1. The summed E-state index contributed by atoms with van der Waals surface area (Å²) >= 11 is 3.09. The van der Waals surface area contributed by atoms with Crippen molar-refractivity contribution in [1.82, 2.24) is 0 Å². The van der Waals surface area contributed by atoms with Gasteiger partial charge in [0.1, 0.15) is 5.82 Å². The Morgan fingerprint density at radius 1 is 1.00 bits per heavy atom. The number of rotatable bonds is 2. The van der Waals surface area contributed by atoms with Crippen LogP contribution in [0.3, 0.4) is 0 Å². The summed E-state index contributed by atoms with van der Waals surface area (Å²) in [5, 5.41) is 0. The Balaban J connectivity index is 2.44. The molecule has 0 aliphatic carbocycles. The van der Waals surface area contributed by atoms with E-state index in [1.165, 1.54) is 18.2 Å². The van der Waals surface area contributed by atoms with Gasteiger partial charge < -0.3 is 0 Å². The molecule has 0 unspecified atom stereocenters. The molecule has 0 radical (unpaired) electrons. The van der Waals surface area contributed by atoms with E-state index in [-0.39, 0.29) is 11.6 Å². The Bertz CT molecular complexity index is 600. The van der Waals surface area contributed by atoms with Crippen LogP contribution in [0.4, 0.5) is 4.39 Å². The van der Waals surface area contributed by atoms with Gasteiger partial charge in [0, 0.05) is 11.1 Å². The summed E-state index contributed by atoms with van der Waals surface area (Å²) in [6.45, 7) is 3.90. The van der Waals surface area contributed by atoms with Crippen LogP contribution >= 0.6 is 15.9 Å². The van der Waals surface area contributed by atoms with Gasteiger partial charge in [-0.05, 0) is 60.1 Å². The lowest BCUT2D eigenvalue weighted by Crippen LogP contribution is -2.02. The van der Waals surface area contributed by atoms with Crippen LogP contribution < -0.4 is 0 Å². The van der Waals surface area contributed by atoms with Crippen LogP contribution in [0.5, 0.6) is 0 Å². The average molecular weight is 307 g/mol. The fourth-order valence-corrected chi connectivity index (χ4v) is 2.29. The highest BCUT2D eigenvalue weighted by molar-refractivity contribution is 9.10. The summed E-state index contributed by atoms with van der Waals surface area (Å²) < 4.78 is 13.4. The van der Waals surface area contributed by atoms with Crippen LogP contribution in [0.25, 0.3) is 0 Å². The number of benzene rings is 2. The Morgan fingerprint density at radius 2 is 1.61 bits per heavy atom. The van der Waals surface area contributed by atoms with Crippen molar-refractivity contribution < 1.29 is 9.18 Å². The van der Waals surface area contributed by atoms with Crippen LogP contribution in [-0.2, 0) is 0 Å². The topological polar surface area (TPSA) is 17.1 Å². The molecule has 0 aliphatic rings. The third-order valence-corrected chi connectivity index (χ3v) is 3.27. The fraction of sp³-hybridized carbons (Fsp3) is 0.133. The van der Waals surface area contributed by atoms with Crippen LogP contribution in [0, 0.1) is 19.7 Å². The maximum Gasteiger partial charge on any atom is 0.193 e. The Kier molecular flexibility index (Phi) is 3.62. The highest BCUT2D eigenvalue weighted by Crippen LogP contribution is 2.20. The number of hydrogen-bond acceptors (Lipinski definition) is 1. The van der Waals surface area contributed by atoms with E-state index in [0.717, 1.165) is 11.1 Å². The first-order valence-electron chi connectivity index (χ1n) is 5.55. The van der Waals surface area contributed by atoms with Gasteiger partial charge in [0.25, 0.3) is 0 Å². The summed E-state index contributed by atoms with van der Waals surface area (Å²) in [4.78, 5) is 12.3. The SMILES string of the molecule is Cc1cc(C)cc(C(=O)c2ccc(F)c(Br)c2)c1. The van der Waals surface area contributed by atoms with Crippen LogP contribution in [0.2, 0.25) is 0 Å². The molecule has 1 nitrogen and oxygen atoms in total. The van der Waals surface area contributed by atoms with Gasteiger partial charge in [0.2, 0.25) is 0 Å². The number of hydrogen-bond donors (Lipinski definition) is 0. The van der Waals surface area contributed by atoms with Crippen molar-refractivity contribution in [2.75, 3.05) is 0 Å². The maximum atomic E-state index is 13.1. The molecule has 0 heterocycles. The second-order valence-electron chi connectivity index (χ2n) is 4.33. The van der Waals surface area contributed by atoms with Crippen LogP contribution in [0.15, 0.2) is 40.9 Å². The Morgan fingerprint density at radius 3 is 2.17 bits per heavy atom. The van der Waals surface area contributed by atoms with Gasteiger partial charge in [-0.1, -0.05) is 17.2 Å². The lowest BCUT2D eigenvalue weighted by molar-refractivity contribution is 0.103. The molecule has 0 saturated heterocycles. The van der Waals surface area contributed by atoms with E-state index in [1.807, 2.05) is 32.0 Å². The quantitative estimate of drug-likeness (QED) is 0.750. The lowest BCUT2D eigenvalue weighted by Gasteiger charge is -2.05. The molecule has 2 rings (SSSR count). The molecule has 0 spiro atoms. The number of halogens is 2. The van der Waals surface area contributed by atoms with Gasteiger partial charge in [-0.25, -0.2) is 4.39 Å². The third-order valence-electron chi connectivity index (χ3n) is 2.67. The second-order valence-corrected chi connectivity index (χ2v) is 5.19. The minimum Gasteiger partial charge on any atom is -0.289 e. The van der Waals surface area contributed by atoms with E-state index in [0.29, 0.717) is 15.6 Å². The van der Waals surface area contributed by atoms with Crippen molar-refractivity contribution in [2.24, 2.45) is 0 Å². The molecule has 0 aliphatic heterocycles. The van der Waals surface area contributed by atoms with Gasteiger partial charge in [-0.3, -0.25) is 4.79 Å². The van der Waals surface area contributed by atoms with Gasteiger partial charge in [-0.15, -0.1) is 0 Å². The predicted octanol–water partition coefficient (Wildman–Crippen LogP) is 4.44. The molecule has 3 heteroatoms. The molecule has 0 atom stereocenters. The number of aryl methyl sites for hydroxylation is 2. The van der Waals surface area contributed by atoms with E-state index < -0.39 is 0 Å². The van der Waals surface area contributed by atoms with E-state index >= 15 is 0 Å². The Hall–Kier alpha value is -1.48. The number of carbonyl (C=O) groups is 1. The van der Waals surface area contributed by atoms with Gasteiger partial charge in [-0.2, -0.15) is 0 Å². The van der Waals surface area contributed by atoms with Crippen molar-refractivity contribution in [2.45, 2.75) is 13.8 Å². The zero-order valence-corrected chi connectivity index (χ0v) is 11.7. The molecule has 0 amide bonds. The molecule has 0 N–H and O–H groups in total. The lowest BCUT2D eigenvalue weighted by atomic mass is 9.99. The monoisotopic (exact) mass is 306 g/mol. The van der Waals surface area contributed by atoms with E-state index in [9.17, 15) is 9.18 Å². The first-order valence-corrected chi connectivity index (χ1v) is 6.35. The minimum atomic E-state index is -0.369. The van der Waals surface area contributed by atoms with Crippen molar-refractivity contribution in [1.29, 1.82) is 0 Å². The van der Waals surface area contributed by atoms with Gasteiger partial charge in [0.05, 0.1) is 4.47 Å². The molecule has 2 aromatic carbocycles. The first kappa shape index (κ1) is 13.0. The summed E-state index contributed by atoms with van der Waals surface area (Å²) in [5.41, 5.74) is 3.19. The summed E-state index contributed by atoms with van der Waals surface area (Å²) in [7, 11) is 0. The Labute approximate surface area is 114 Å². The minimum absolute atomic E-state index is 0.0949. The van der Waals surface area contributed by atoms with Gasteiger partial charge in [0.15, 0.2) is 5.78 Å². The van der Waals surface area contributed by atoms with Crippen LogP contribution in [0.1, 0.15) is 27.0 Å². The molecule has 0 saturated carbocycles. The largest absolute Gasteiger partial charge is 0.289 e. The standard InChI is InChI=1S/C15H12BrFO/c1-9-5-10(2)7-12(6-9)15(18)11-3-4-14(17)13(16)8-11/h3-8H,1-2H3. The molecule has 0 aromatic heterocycles. The fourth-order valence-electron chi connectivity index (χ4n) is 1.91. The molecular weight excluding hydrogens is 295 g/mol. The summed E-state index contributed by atoms with van der Waals surface area (Å²) in [6, 6.07) is 9.99. The zero-order chi connectivity index (χ0) is 13.3. The van der Waals surface area contributed by atoms with Crippen molar-refractivity contribution >= 4 is 21.7 Å². The maximum absolute atomic E-state index is 13.1. The molecule has 0 fully saturated rings. The molecule has 92 valence electrons. The predicted molar refractivity (Wildman–Crippen MR) is 73.4 cm³/mol. The van der Waals surface area contributed by atoms with E-state index in [1.54, 1.807) is 0 Å². The smallest absolute Gasteiger partial charge is 0.193 e. The van der Waals surface area contributed by atoms with Gasteiger partial charge >= 0.3 is 0 Å². The van der Waals surface area contributed by atoms with Crippen molar-refractivity contribution in [3.05, 3.63) is 68.9 Å². The number of ketones is 1. The molecular formula is C15H12BrFO. The van der Waals surface area contributed by atoms with E-state index in [4.69, 9.17) is 0 Å². The van der Waals surface area contributed by atoms with Crippen molar-refractivity contribution in [3.63, 3.8) is 0 Å². The van der Waals surface area contributed by atoms with E-state index in [2.05, 4.69) is 15.9 Å². The summed E-state index contributed by atoms with van der Waals surface area (Å²) in [5.74, 6) is -0.463. The van der Waals surface area contributed by atoms with Crippen LogP contribution in [-0.4, -0.2) is 5.78 Å². The highest BCUT2D eigenvalue weighted by atomic mass is 79.9.